The van der Waals surface area contributed by atoms with Crippen LogP contribution in [0.1, 0.15) is 26.0 Å². The molecule has 0 spiro atoms. The minimum atomic E-state index is -2.68. The molecule has 0 amide bonds. The fourth-order valence-corrected chi connectivity index (χ4v) is 3.20. The van der Waals surface area contributed by atoms with Crippen molar-refractivity contribution in [2.45, 2.75) is 20.3 Å². The summed E-state index contributed by atoms with van der Waals surface area (Å²) in [7, 11) is 0. The van der Waals surface area contributed by atoms with E-state index in [1.54, 1.807) is 0 Å². The molecule has 98 valence electrons. The van der Waals surface area contributed by atoms with Crippen LogP contribution in [-0.2, 0) is 0 Å². The molecule has 3 rings (SSSR count). The van der Waals surface area contributed by atoms with E-state index in [2.05, 4.69) is 28.7 Å². The molecule has 1 aliphatic carbocycles. The number of anilines is 1. The van der Waals surface area contributed by atoms with E-state index in [1.807, 2.05) is 0 Å². The Balaban J connectivity index is 1.77. The minimum absolute atomic E-state index is 0.192. The second-order valence-electron chi connectivity index (χ2n) is 5.64. The molecule has 1 saturated heterocycles. The van der Waals surface area contributed by atoms with E-state index >= 15 is 0 Å². The van der Waals surface area contributed by atoms with Gasteiger partial charge in [-0.05, 0) is 17.3 Å². The first-order valence-corrected chi connectivity index (χ1v) is 6.34. The summed E-state index contributed by atoms with van der Waals surface area (Å²) in [5.74, 6) is 1.95. The van der Waals surface area contributed by atoms with E-state index in [1.165, 1.54) is 6.20 Å². The Morgan fingerprint density at radius 3 is 2.50 bits per heavy atom. The van der Waals surface area contributed by atoms with Crippen molar-refractivity contribution in [2.75, 3.05) is 18.0 Å². The summed E-state index contributed by atoms with van der Waals surface area (Å²) in [5, 5.41) is -0.192. The number of fused-ring (bicyclic) bond motifs is 1. The molecule has 18 heavy (non-hydrogen) atoms. The first kappa shape index (κ1) is 12.1. The smallest absolute Gasteiger partial charge is 0.283 e. The van der Waals surface area contributed by atoms with E-state index in [4.69, 9.17) is 11.6 Å². The molecule has 2 atom stereocenters. The molecule has 1 aromatic heterocycles. The summed E-state index contributed by atoms with van der Waals surface area (Å²) in [5.41, 5.74) is -0.0264. The summed E-state index contributed by atoms with van der Waals surface area (Å²) in [6, 6.07) is 0. The van der Waals surface area contributed by atoms with Gasteiger partial charge in [0, 0.05) is 13.1 Å². The molecule has 1 aromatic rings. The zero-order valence-corrected chi connectivity index (χ0v) is 11.0. The van der Waals surface area contributed by atoms with Crippen molar-refractivity contribution in [3.8, 4) is 0 Å². The topological polar surface area (TPSA) is 29.0 Å². The second kappa shape index (κ2) is 3.76. The Kier molecular flexibility index (Phi) is 2.52. The lowest BCUT2D eigenvalue weighted by Gasteiger charge is -2.23. The first-order chi connectivity index (χ1) is 8.41. The Morgan fingerprint density at radius 2 is 2.00 bits per heavy atom. The van der Waals surface area contributed by atoms with Crippen LogP contribution in [0.2, 0.25) is 5.15 Å². The van der Waals surface area contributed by atoms with Crippen LogP contribution in [0, 0.1) is 17.3 Å². The summed E-state index contributed by atoms with van der Waals surface area (Å²) >= 11 is 5.73. The molecular formula is C12H14ClF2N3. The second-order valence-corrected chi connectivity index (χ2v) is 6.00. The molecule has 1 saturated carbocycles. The van der Waals surface area contributed by atoms with Crippen LogP contribution < -0.4 is 4.90 Å². The number of piperidine rings is 1. The molecule has 2 heterocycles. The van der Waals surface area contributed by atoms with E-state index in [0.717, 1.165) is 13.1 Å². The van der Waals surface area contributed by atoms with Crippen molar-refractivity contribution < 1.29 is 8.78 Å². The van der Waals surface area contributed by atoms with Gasteiger partial charge in [-0.1, -0.05) is 25.4 Å². The van der Waals surface area contributed by atoms with Gasteiger partial charge >= 0.3 is 0 Å². The molecule has 1 aliphatic heterocycles. The van der Waals surface area contributed by atoms with Gasteiger partial charge in [-0.3, -0.25) is 0 Å². The van der Waals surface area contributed by atoms with Gasteiger partial charge in [0.2, 0.25) is 0 Å². The highest BCUT2D eigenvalue weighted by Crippen LogP contribution is 2.62. The van der Waals surface area contributed by atoms with E-state index in [0.29, 0.717) is 23.1 Å². The summed E-state index contributed by atoms with van der Waals surface area (Å²) in [6.45, 7) is 6.35. The van der Waals surface area contributed by atoms with Crippen molar-refractivity contribution in [2.24, 2.45) is 17.3 Å². The van der Waals surface area contributed by atoms with E-state index in [9.17, 15) is 8.78 Å². The Morgan fingerprint density at radius 1 is 1.39 bits per heavy atom. The molecular weight excluding hydrogens is 260 g/mol. The van der Waals surface area contributed by atoms with Crippen LogP contribution in [0.15, 0.2) is 6.20 Å². The lowest BCUT2D eigenvalue weighted by Crippen LogP contribution is -2.27. The van der Waals surface area contributed by atoms with Crippen LogP contribution in [-0.4, -0.2) is 23.1 Å². The van der Waals surface area contributed by atoms with Crippen LogP contribution in [0.3, 0.4) is 0 Å². The third-order valence-corrected chi connectivity index (χ3v) is 4.67. The summed E-state index contributed by atoms with van der Waals surface area (Å²) in [6.07, 6.45) is -1.28. The predicted molar refractivity (Wildman–Crippen MR) is 65.0 cm³/mol. The van der Waals surface area contributed by atoms with Crippen molar-refractivity contribution >= 4 is 17.4 Å². The van der Waals surface area contributed by atoms with Gasteiger partial charge in [-0.2, -0.15) is 0 Å². The standard InChI is InChI=1S/C12H14ClF2N3/c1-12(2)6-4-18(5-7(6)12)8-3-16-9(11(14)15)10(13)17-8/h3,6-7,11H,4-5H2,1-2H3. The Hall–Kier alpha value is -0.970. The van der Waals surface area contributed by atoms with Gasteiger partial charge in [-0.25, -0.2) is 18.7 Å². The number of rotatable bonds is 2. The maximum Gasteiger partial charge on any atom is 0.283 e. The van der Waals surface area contributed by atoms with Gasteiger partial charge < -0.3 is 4.90 Å². The molecule has 2 unspecified atom stereocenters. The minimum Gasteiger partial charge on any atom is -0.355 e. The maximum absolute atomic E-state index is 12.5. The monoisotopic (exact) mass is 273 g/mol. The molecule has 6 heteroatoms. The van der Waals surface area contributed by atoms with Crippen molar-refractivity contribution in [1.82, 2.24) is 9.97 Å². The summed E-state index contributed by atoms with van der Waals surface area (Å²) in [4.78, 5) is 9.82. The van der Waals surface area contributed by atoms with Gasteiger partial charge in [-0.15, -0.1) is 0 Å². The first-order valence-electron chi connectivity index (χ1n) is 5.97. The van der Waals surface area contributed by atoms with Crippen molar-refractivity contribution in [1.29, 1.82) is 0 Å². The van der Waals surface area contributed by atoms with Gasteiger partial charge in [0.25, 0.3) is 6.43 Å². The predicted octanol–water partition coefficient (Wildman–Crippen LogP) is 3.16. The number of hydrogen-bond acceptors (Lipinski definition) is 3. The SMILES string of the molecule is CC1(C)C2CN(c3cnc(C(F)F)c(Cl)n3)CC21. The molecule has 2 fully saturated rings. The zero-order valence-electron chi connectivity index (χ0n) is 10.2. The van der Waals surface area contributed by atoms with Gasteiger partial charge in [0.15, 0.2) is 5.15 Å². The van der Waals surface area contributed by atoms with Gasteiger partial charge in [0.1, 0.15) is 11.5 Å². The quantitative estimate of drug-likeness (QED) is 0.829. The molecule has 0 radical (unpaired) electrons. The van der Waals surface area contributed by atoms with Gasteiger partial charge in [0.05, 0.1) is 6.20 Å². The molecule has 0 N–H and O–H groups in total. The Labute approximate surface area is 109 Å². The number of halogens is 3. The third-order valence-electron chi connectivity index (χ3n) is 4.40. The molecule has 2 aliphatic rings. The highest BCUT2D eigenvalue weighted by Gasteiger charge is 2.62. The fraction of sp³-hybridized carbons (Fsp3) is 0.667. The number of aromatic nitrogens is 2. The lowest BCUT2D eigenvalue weighted by atomic mass is 10.1. The average Bonchev–Trinajstić information content (AvgIpc) is 2.67. The molecule has 3 nitrogen and oxygen atoms in total. The Bertz CT molecular complexity index is 478. The van der Waals surface area contributed by atoms with E-state index in [-0.39, 0.29) is 5.15 Å². The summed E-state index contributed by atoms with van der Waals surface area (Å²) < 4.78 is 25.0. The van der Waals surface area contributed by atoms with Crippen LogP contribution in [0.25, 0.3) is 0 Å². The molecule has 0 aromatic carbocycles. The zero-order chi connectivity index (χ0) is 13.1. The molecule has 0 bridgehead atoms. The van der Waals surface area contributed by atoms with E-state index < -0.39 is 12.1 Å². The third kappa shape index (κ3) is 1.67. The number of alkyl halides is 2. The normalized spacial score (nSPS) is 28.7. The highest BCUT2D eigenvalue weighted by atomic mass is 35.5. The lowest BCUT2D eigenvalue weighted by molar-refractivity contribution is 0.145. The maximum atomic E-state index is 12.5. The van der Waals surface area contributed by atoms with Crippen LogP contribution in [0.4, 0.5) is 14.6 Å². The average molecular weight is 274 g/mol. The fourth-order valence-electron chi connectivity index (χ4n) is 2.98. The largest absolute Gasteiger partial charge is 0.355 e. The van der Waals surface area contributed by atoms with Crippen molar-refractivity contribution in [3.05, 3.63) is 17.0 Å². The highest BCUT2D eigenvalue weighted by molar-refractivity contribution is 6.30. The van der Waals surface area contributed by atoms with Crippen molar-refractivity contribution in [3.63, 3.8) is 0 Å². The van der Waals surface area contributed by atoms with Crippen LogP contribution in [0.5, 0.6) is 0 Å². The van der Waals surface area contributed by atoms with Crippen LogP contribution >= 0.6 is 11.6 Å². The number of hydrogen-bond donors (Lipinski definition) is 0. The number of nitrogens with zero attached hydrogens (tertiary/aromatic N) is 3.